The highest BCUT2D eigenvalue weighted by atomic mass is 35.5. The zero-order valence-corrected chi connectivity index (χ0v) is 14.6. The van der Waals surface area contributed by atoms with Crippen LogP contribution in [0.2, 0.25) is 5.02 Å². The van der Waals surface area contributed by atoms with Crippen molar-refractivity contribution in [1.29, 1.82) is 0 Å². The normalized spacial score (nSPS) is 18.2. The lowest BCUT2D eigenvalue weighted by molar-refractivity contribution is -0.131. The minimum absolute atomic E-state index is 0.0152. The van der Waals surface area contributed by atoms with Gasteiger partial charge in [0.25, 0.3) is 5.91 Å². The Labute approximate surface area is 151 Å². The summed E-state index contributed by atoms with van der Waals surface area (Å²) in [5.41, 5.74) is 0.430. The Morgan fingerprint density at radius 2 is 2.00 bits per heavy atom. The number of carbonyl (C=O) groups is 3. The van der Waals surface area contributed by atoms with Gasteiger partial charge in [-0.05, 0) is 31.0 Å². The van der Waals surface area contributed by atoms with Gasteiger partial charge in [-0.3, -0.25) is 9.59 Å². The Hall–Kier alpha value is -2.28. The molecule has 8 heteroatoms. The molecular formula is C17H21ClN4O3. The Balaban J connectivity index is 1.45. The van der Waals surface area contributed by atoms with E-state index in [-0.39, 0.29) is 30.4 Å². The van der Waals surface area contributed by atoms with Crippen LogP contribution in [0.3, 0.4) is 0 Å². The number of likely N-dealkylation sites (tertiary alicyclic amines) is 1. The number of hydrogen-bond acceptors (Lipinski definition) is 3. The highest BCUT2D eigenvalue weighted by Crippen LogP contribution is 2.18. The second-order valence-electron chi connectivity index (χ2n) is 6.23. The quantitative estimate of drug-likeness (QED) is 0.839. The van der Waals surface area contributed by atoms with Crippen molar-refractivity contribution in [1.82, 2.24) is 20.4 Å². The van der Waals surface area contributed by atoms with Gasteiger partial charge in [0, 0.05) is 42.8 Å². The van der Waals surface area contributed by atoms with Crippen LogP contribution in [0.15, 0.2) is 24.3 Å². The minimum atomic E-state index is -0.320. The van der Waals surface area contributed by atoms with E-state index < -0.39 is 0 Å². The Morgan fingerprint density at radius 1 is 1.24 bits per heavy atom. The molecule has 0 atom stereocenters. The van der Waals surface area contributed by atoms with E-state index in [1.54, 1.807) is 29.2 Å². The van der Waals surface area contributed by atoms with E-state index in [1.807, 2.05) is 4.90 Å². The lowest BCUT2D eigenvalue weighted by Crippen LogP contribution is -2.49. The summed E-state index contributed by atoms with van der Waals surface area (Å²) in [5, 5.41) is 5.91. The van der Waals surface area contributed by atoms with Gasteiger partial charge in [0.15, 0.2) is 0 Å². The molecule has 0 aromatic heterocycles. The van der Waals surface area contributed by atoms with Gasteiger partial charge in [0.05, 0.1) is 6.54 Å². The summed E-state index contributed by atoms with van der Waals surface area (Å²) in [4.78, 5) is 39.6. The van der Waals surface area contributed by atoms with Gasteiger partial charge in [0.1, 0.15) is 0 Å². The van der Waals surface area contributed by atoms with E-state index in [0.717, 1.165) is 19.4 Å². The van der Waals surface area contributed by atoms with E-state index in [0.29, 0.717) is 30.2 Å². The second kappa shape index (κ2) is 7.74. The van der Waals surface area contributed by atoms with Crippen molar-refractivity contribution in [2.75, 3.05) is 32.7 Å². The molecule has 4 amide bonds. The average molecular weight is 365 g/mol. The number of nitrogens with one attached hydrogen (secondary N) is 2. The van der Waals surface area contributed by atoms with Crippen LogP contribution >= 0.6 is 11.6 Å². The summed E-state index contributed by atoms with van der Waals surface area (Å²) in [6.45, 7) is 2.57. The average Bonchev–Trinajstić information content (AvgIpc) is 3.05. The Morgan fingerprint density at radius 3 is 2.64 bits per heavy atom. The number of benzene rings is 1. The van der Waals surface area contributed by atoms with Gasteiger partial charge >= 0.3 is 6.03 Å². The smallest absolute Gasteiger partial charge is 0.317 e. The number of carbonyl (C=O) groups excluding carboxylic acids is 3. The van der Waals surface area contributed by atoms with Gasteiger partial charge < -0.3 is 20.4 Å². The summed E-state index contributed by atoms with van der Waals surface area (Å²) in [6.07, 6.45) is 1.53. The fourth-order valence-corrected chi connectivity index (χ4v) is 3.45. The number of rotatable bonds is 4. The van der Waals surface area contributed by atoms with Gasteiger partial charge in [-0.15, -0.1) is 0 Å². The molecule has 0 radical (unpaired) electrons. The lowest BCUT2D eigenvalue weighted by atomic mass is 10.0. The zero-order chi connectivity index (χ0) is 17.8. The molecule has 1 aromatic rings. The van der Waals surface area contributed by atoms with Crippen LogP contribution in [0.1, 0.15) is 23.2 Å². The van der Waals surface area contributed by atoms with Crippen LogP contribution in [0.25, 0.3) is 0 Å². The zero-order valence-electron chi connectivity index (χ0n) is 13.8. The highest BCUT2D eigenvalue weighted by molar-refractivity contribution is 6.30. The SMILES string of the molecule is O=C(NCC(=O)N1CCC(N2CCNC2=O)CC1)c1cccc(Cl)c1. The fraction of sp³-hybridized carbons (Fsp3) is 0.471. The molecule has 7 nitrogen and oxygen atoms in total. The predicted octanol–water partition coefficient (Wildman–Crippen LogP) is 1.09. The van der Waals surface area contributed by atoms with Crippen LogP contribution in [0.4, 0.5) is 4.79 Å². The van der Waals surface area contributed by atoms with Crippen molar-refractivity contribution in [2.24, 2.45) is 0 Å². The number of nitrogens with zero attached hydrogens (tertiary/aromatic N) is 2. The lowest BCUT2D eigenvalue weighted by Gasteiger charge is -2.36. The van der Waals surface area contributed by atoms with Crippen LogP contribution in [0, 0.1) is 0 Å². The molecule has 2 heterocycles. The first-order valence-electron chi connectivity index (χ1n) is 8.40. The number of piperidine rings is 1. The molecular weight excluding hydrogens is 344 g/mol. The third-order valence-corrected chi connectivity index (χ3v) is 4.87. The summed E-state index contributed by atoms with van der Waals surface area (Å²) in [5.74, 6) is -0.431. The van der Waals surface area contributed by atoms with E-state index in [9.17, 15) is 14.4 Å². The molecule has 0 bridgehead atoms. The van der Waals surface area contributed by atoms with E-state index in [1.165, 1.54) is 0 Å². The maximum absolute atomic E-state index is 12.3. The highest BCUT2D eigenvalue weighted by Gasteiger charge is 2.31. The van der Waals surface area contributed by atoms with Crippen molar-refractivity contribution in [3.63, 3.8) is 0 Å². The van der Waals surface area contributed by atoms with Crippen molar-refractivity contribution >= 4 is 29.4 Å². The first kappa shape index (κ1) is 17.5. The number of urea groups is 1. The van der Waals surface area contributed by atoms with Crippen molar-refractivity contribution in [3.05, 3.63) is 34.9 Å². The van der Waals surface area contributed by atoms with Crippen LogP contribution < -0.4 is 10.6 Å². The number of hydrogen-bond donors (Lipinski definition) is 2. The van der Waals surface area contributed by atoms with Crippen LogP contribution in [0.5, 0.6) is 0 Å². The van der Waals surface area contributed by atoms with Gasteiger partial charge in [-0.25, -0.2) is 4.79 Å². The molecule has 0 saturated carbocycles. The Bertz CT molecular complexity index is 674. The fourth-order valence-electron chi connectivity index (χ4n) is 3.26. The minimum Gasteiger partial charge on any atom is -0.343 e. The van der Waals surface area contributed by atoms with Gasteiger partial charge in [0.2, 0.25) is 5.91 Å². The molecule has 2 aliphatic rings. The molecule has 2 fully saturated rings. The first-order valence-corrected chi connectivity index (χ1v) is 8.78. The number of halogens is 1. The standard InChI is InChI=1S/C17H21ClN4O3/c18-13-3-1-2-12(10-13)16(24)20-11-15(23)21-7-4-14(5-8-21)22-9-6-19-17(22)25/h1-3,10,14H,4-9,11H2,(H,19,25)(H,20,24). The largest absolute Gasteiger partial charge is 0.343 e. The van der Waals surface area contributed by atoms with Crippen molar-refractivity contribution in [3.8, 4) is 0 Å². The van der Waals surface area contributed by atoms with Crippen molar-refractivity contribution < 1.29 is 14.4 Å². The first-order chi connectivity index (χ1) is 12.0. The topological polar surface area (TPSA) is 81.8 Å². The van der Waals surface area contributed by atoms with E-state index in [2.05, 4.69) is 10.6 Å². The van der Waals surface area contributed by atoms with E-state index >= 15 is 0 Å². The predicted molar refractivity (Wildman–Crippen MR) is 93.5 cm³/mol. The summed E-state index contributed by atoms with van der Waals surface area (Å²) in [7, 11) is 0. The summed E-state index contributed by atoms with van der Waals surface area (Å²) in [6, 6.07) is 6.77. The summed E-state index contributed by atoms with van der Waals surface area (Å²) >= 11 is 5.86. The molecule has 2 aliphatic heterocycles. The molecule has 0 spiro atoms. The van der Waals surface area contributed by atoms with Crippen LogP contribution in [-0.2, 0) is 4.79 Å². The van der Waals surface area contributed by atoms with Crippen LogP contribution in [-0.4, -0.2) is 66.4 Å². The monoisotopic (exact) mass is 364 g/mol. The molecule has 25 heavy (non-hydrogen) atoms. The van der Waals surface area contributed by atoms with Gasteiger partial charge in [-0.2, -0.15) is 0 Å². The molecule has 134 valence electrons. The molecule has 3 rings (SSSR count). The molecule has 1 aromatic carbocycles. The van der Waals surface area contributed by atoms with E-state index in [4.69, 9.17) is 11.6 Å². The second-order valence-corrected chi connectivity index (χ2v) is 6.67. The van der Waals surface area contributed by atoms with Crippen molar-refractivity contribution in [2.45, 2.75) is 18.9 Å². The maximum Gasteiger partial charge on any atom is 0.317 e. The maximum atomic E-state index is 12.3. The third kappa shape index (κ3) is 4.22. The molecule has 2 N–H and O–H groups in total. The number of amides is 4. The molecule has 0 aliphatic carbocycles. The molecule has 2 saturated heterocycles. The molecule has 0 unspecified atom stereocenters. The third-order valence-electron chi connectivity index (χ3n) is 4.63. The Kier molecular flexibility index (Phi) is 5.43. The summed E-state index contributed by atoms with van der Waals surface area (Å²) < 4.78 is 0. The van der Waals surface area contributed by atoms with Gasteiger partial charge in [-0.1, -0.05) is 17.7 Å².